The number of hydrogen-bond donors (Lipinski definition) is 0. The van der Waals surface area contributed by atoms with E-state index < -0.39 is 0 Å². The molecule has 4 aliphatic rings. The lowest BCUT2D eigenvalue weighted by Gasteiger charge is -2.46. The second kappa shape index (κ2) is 9.33. The van der Waals surface area contributed by atoms with Crippen LogP contribution in [0.15, 0.2) is 140 Å². The first-order valence-corrected chi connectivity index (χ1v) is 17.0. The van der Waals surface area contributed by atoms with Crippen LogP contribution in [0.1, 0.15) is 66.8 Å². The lowest BCUT2D eigenvalue weighted by atomic mass is 9.67. The third-order valence-electron chi connectivity index (χ3n) is 12.0. The average Bonchev–Trinajstić information content (AvgIpc) is 3.67. The van der Waals surface area contributed by atoms with Gasteiger partial charge in [0.1, 0.15) is 0 Å². The van der Waals surface area contributed by atoms with Gasteiger partial charge in [0.25, 0.3) is 0 Å². The predicted octanol–water partition coefficient (Wildman–Crippen LogP) is 11.5. The van der Waals surface area contributed by atoms with Crippen LogP contribution in [0.4, 0.5) is 11.4 Å². The molecule has 1 fully saturated rings. The normalized spacial score (nSPS) is 22.5. The Labute approximate surface area is 272 Å². The number of benzene rings is 6. The summed E-state index contributed by atoms with van der Waals surface area (Å²) >= 11 is 0. The highest BCUT2D eigenvalue weighted by atomic mass is 15.2. The fraction of sp³-hybridized carbons (Fsp3) is 0.200. The summed E-state index contributed by atoms with van der Waals surface area (Å²) in [5, 5.41) is 0. The Bertz CT molecular complexity index is 2150. The van der Waals surface area contributed by atoms with E-state index in [9.17, 15) is 0 Å². The molecular weight excluding hydrogens is 555 g/mol. The molecule has 1 nitrogen and oxygen atoms in total. The van der Waals surface area contributed by atoms with Crippen molar-refractivity contribution in [2.45, 2.75) is 50.0 Å². The summed E-state index contributed by atoms with van der Waals surface area (Å²) in [6, 6.07) is 53.0. The zero-order valence-electron chi connectivity index (χ0n) is 26.5. The first kappa shape index (κ1) is 26.3. The minimum atomic E-state index is -0.287. The Kier molecular flexibility index (Phi) is 5.34. The van der Waals surface area contributed by atoms with E-state index in [2.05, 4.69) is 158 Å². The van der Waals surface area contributed by atoms with Crippen molar-refractivity contribution in [3.63, 3.8) is 0 Å². The monoisotopic (exact) mass is 591 g/mol. The molecule has 10 rings (SSSR count). The number of nitrogens with zero attached hydrogens (tertiary/aromatic N) is 1. The second-order valence-electron chi connectivity index (χ2n) is 14.3. The van der Waals surface area contributed by atoms with E-state index >= 15 is 0 Å². The summed E-state index contributed by atoms with van der Waals surface area (Å²) in [5.41, 5.74) is 17.7. The van der Waals surface area contributed by atoms with Crippen LogP contribution in [-0.4, -0.2) is 5.54 Å². The molecule has 1 spiro atoms. The topological polar surface area (TPSA) is 3.24 Å². The van der Waals surface area contributed by atoms with Gasteiger partial charge in [-0.1, -0.05) is 123 Å². The lowest BCUT2D eigenvalue weighted by Crippen LogP contribution is -2.47. The molecule has 1 saturated carbocycles. The maximum absolute atomic E-state index is 2.67. The van der Waals surface area contributed by atoms with Gasteiger partial charge < -0.3 is 4.90 Å². The summed E-state index contributed by atoms with van der Waals surface area (Å²) in [7, 11) is 0. The van der Waals surface area contributed by atoms with Gasteiger partial charge in [-0.05, 0) is 117 Å². The maximum atomic E-state index is 2.67. The summed E-state index contributed by atoms with van der Waals surface area (Å²) in [5.74, 6) is 1.16. The fourth-order valence-electron chi connectivity index (χ4n) is 10.4. The lowest BCUT2D eigenvalue weighted by molar-refractivity contribution is 0.223. The van der Waals surface area contributed by atoms with Gasteiger partial charge in [-0.2, -0.15) is 0 Å². The Morgan fingerprint density at radius 1 is 0.565 bits per heavy atom. The van der Waals surface area contributed by atoms with Gasteiger partial charge in [-0.3, -0.25) is 0 Å². The molecule has 0 saturated heterocycles. The Morgan fingerprint density at radius 3 is 1.78 bits per heavy atom. The molecular formula is C45H37N. The van der Waals surface area contributed by atoms with E-state index in [0.29, 0.717) is 11.8 Å². The minimum absolute atomic E-state index is 0.0898. The van der Waals surface area contributed by atoms with Gasteiger partial charge >= 0.3 is 0 Å². The van der Waals surface area contributed by atoms with Crippen LogP contribution in [0.3, 0.4) is 0 Å². The third kappa shape index (κ3) is 3.21. The van der Waals surface area contributed by atoms with Crippen molar-refractivity contribution in [3.8, 4) is 33.4 Å². The molecule has 0 N–H and O–H groups in total. The zero-order chi connectivity index (χ0) is 30.6. The molecule has 6 aromatic carbocycles. The highest BCUT2D eigenvalue weighted by Gasteiger charge is 2.53. The molecule has 222 valence electrons. The maximum Gasteiger partial charge on any atom is 0.0725 e. The van der Waals surface area contributed by atoms with Crippen LogP contribution < -0.4 is 4.90 Å². The highest BCUT2D eigenvalue weighted by Crippen LogP contribution is 2.63. The van der Waals surface area contributed by atoms with Crippen LogP contribution in [0, 0.1) is 5.92 Å². The third-order valence-corrected chi connectivity index (χ3v) is 12.0. The number of para-hydroxylation sites is 1. The Hall–Kier alpha value is -4.88. The number of rotatable bonds is 2. The summed E-state index contributed by atoms with van der Waals surface area (Å²) in [6.45, 7) is 5.00. The molecule has 46 heavy (non-hydrogen) atoms. The van der Waals surface area contributed by atoms with Crippen molar-refractivity contribution in [2.24, 2.45) is 5.92 Å². The van der Waals surface area contributed by atoms with E-state index in [4.69, 9.17) is 0 Å². The van der Waals surface area contributed by atoms with Crippen molar-refractivity contribution in [1.82, 2.24) is 0 Å². The van der Waals surface area contributed by atoms with Crippen molar-refractivity contribution in [1.29, 1.82) is 0 Å². The molecule has 0 bridgehead atoms. The average molecular weight is 592 g/mol. The number of hydrogen-bond acceptors (Lipinski definition) is 1. The number of anilines is 2. The zero-order valence-corrected chi connectivity index (χ0v) is 26.5. The Balaban J connectivity index is 1.17. The molecule has 1 heterocycles. The Morgan fingerprint density at radius 2 is 1.11 bits per heavy atom. The van der Waals surface area contributed by atoms with Gasteiger partial charge in [-0.25, -0.2) is 0 Å². The SMILES string of the molecule is CC1CCCC2(C)C1c1cc(-c3ccc4c(c3)-c3ccccc3C43c4ccccc4-c4ccccc43)ccc1N2c1ccccc1. The van der Waals surface area contributed by atoms with Crippen molar-refractivity contribution >= 4 is 11.4 Å². The van der Waals surface area contributed by atoms with Gasteiger partial charge in [0, 0.05) is 22.8 Å². The number of fused-ring (bicyclic) bond motifs is 13. The molecule has 3 aliphatic carbocycles. The first-order chi connectivity index (χ1) is 22.6. The first-order valence-electron chi connectivity index (χ1n) is 17.0. The van der Waals surface area contributed by atoms with Crippen LogP contribution >= 0.6 is 0 Å². The van der Waals surface area contributed by atoms with Gasteiger partial charge in [-0.15, -0.1) is 0 Å². The van der Waals surface area contributed by atoms with Crippen LogP contribution in [-0.2, 0) is 5.41 Å². The summed E-state index contributed by atoms with van der Waals surface area (Å²) in [4.78, 5) is 2.67. The van der Waals surface area contributed by atoms with E-state index in [0.717, 1.165) is 0 Å². The smallest absolute Gasteiger partial charge is 0.0725 e. The largest absolute Gasteiger partial charge is 0.335 e. The van der Waals surface area contributed by atoms with Gasteiger partial charge in [0.15, 0.2) is 0 Å². The molecule has 6 aromatic rings. The van der Waals surface area contributed by atoms with Crippen LogP contribution in [0.2, 0.25) is 0 Å². The second-order valence-corrected chi connectivity index (χ2v) is 14.3. The van der Waals surface area contributed by atoms with E-state index in [-0.39, 0.29) is 11.0 Å². The quantitative estimate of drug-likeness (QED) is 0.193. The molecule has 3 atom stereocenters. The van der Waals surface area contributed by atoms with Gasteiger partial charge in [0.05, 0.1) is 5.41 Å². The van der Waals surface area contributed by atoms with E-state index in [1.165, 1.54) is 91.8 Å². The van der Waals surface area contributed by atoms with Crippen LogP contribution in [0.5, 0.6) is 0 Å². The summed E-state index contributed by atoms with van der Waals surface area (Å²) < 4.78 is 0. The minimum Gasteiger partial charge on any atom is -0.335 e. The predicted molar refractivity (Wildman–Crippen MR) is 191 cm³/mol. The van der Waals surface area contributed by atoms with Gasteiger partial charge in [0.2, 0.25) is 0 Å². The standard InChI is InChI=1S/C45H37N/c1-29-13-12-26-44(2)43(29)37-28-31(23-25-42(37)46(44)32-14-4-3-5-15-32)30-22-24-41-36(27-30)35-18-8-11-21-40(35)45(41)38-19-9-6-16-33(38)34-17-7-10-20-39(34)45/h3-11,14-25,27-29,43H,12-13,26H2,1-2H3. The molecule has 1 aliphatic heterocycles. The van der Waals surface area contributed by atoms with E-state index in [1.807, 2.05) is 0 Å². The molecule has 0 amide bonds. The van der Waals surface area contributed by atoms with Crippen molar-refractivity contribution in [3.05, 3.63) is 167 Å². The molecule has 0 aromatic heterocycles. The van der Waals surface area contributed by atoms with Crippen molar-refractivity contribution < 1.29 is 0 Å². The fourth-order valence-corrected chi connectivity index (χ4v) is 10.4. The molecule has 3 unspecified atom stereocenters. The highest BCUT2D eigenvalue weighted by molar-refractivity contribution is 5.96. The molecule has 1 heteroatoms. The van der Waals surface area contributed by atoms with Crippen molar-refractivity contribution in [2.75, 3.05) is 4.90 Å². The van der Waals surface area contributed by atoms with E-state index in [1.54, 1.807) is 0 Å². The summed E-state index contributed by atoms with van der Waals surface area (Å²) in [6.07, 6.45) is 3.81. The molecule has 0 radical (unpaired) electrons. The van der Waals surface area contributed by atoms with Crippen LogP contribution in [0.25, 0.3) is 33.4 Å².